The summed E-state index contributed by atoms with van der Waals surface area (Å²) in [5.74, 6) is 0.968. The smallest absolute Gasteiger partial charge is 0.225 e. The molecule has 18 heavy (non-hydrogen) atoms. The van der Waals surface area contributed by atoms with Gasteiger partial charge in [0.25, 0.3) is 0 Å². The average Bonchev–Trinajstić information content (AvgIpc) is 2.34. The Morgan fingerprint density at radius 2 is 2.22 bits per heavy atom. The average molecular weight is 270 g/mol. The van der Waals surface area contributed by atoms with E-state index in [1.807, 2.05) is 25.1 Å². The molecule has 1 amide bonds. The first-order chi connectivity index (χ1) is 8.69. The number of carbonyl (C=O) groups excluding carboxylic acids is 1. The molecule has 0 radical (unpaired) electrons. The standard InChI is InChI=1S/C14H20ClNO2/c1-3-4-10-18-12-7-5-6-11(2)14(12)16-13(17)8-9-15/h5-7H,3-4,8-10H2,1-2H3,(H,16,17). The molecule has 0 atom stereocenters. The lowest BCUT2D eigenvalue weighted by Crippen LogP contribution is -2.14. The summed E-state index contributed by atoms with van der Waals surface area (Å²) >= 11 is 5.55. The molecular weight excluding hydrogens is 250 g/mol. The van der Waals surface area contributed by atoms with E-state index in [-0.39, 0.29) is 5.91 Å². The molecule has 1 rings (SSSR count). The topological polar surface area (TPSA) is 38.3 Å². The second kappa shape index (κ2) is 7.98. The van der Waals surface area contributed by atoms with Gasteiger partial charge in [-0.2, -0.15) is 0 Å². The van der Waals surface area contributed by atoms with Crippen LogP contribution in [-0.2, 0) is 4.79 Å². The first-order valence-corrected chi connectivity index (χ1v) is 6.80. The van der Waals surface area contributed by atoms with Gasteiger partial charge in [0.1, 0.15) is 5.75 Å². The van der Waals surface area contributed by atoms with Gasteiger partial charge in [0.15, 0.2) is 0 Å². The minimum atomic E-state index is -0.0837. The number of benzene rings is 1. The second-order valence-corrected chi connectivity index (χ2v) is 4.52. The van der Waals surface area contributed by atoms with E-state index >= 15 is 0 Å². The number of nitrogens with one attached hydrogen (secondary N) is 1. The van der Waals surface area contributed by atoms with E-state index in [1.165, 1.54) is 0 Å². The predicted molar refractivity (Wildman–Crippen MR) is 75.5 cm³/mol. The van der Waals surface area contributed by atoms with Crippen LogP contribution in [-0.4, -0.2) is 18.4 Å². The number of amides is 1. The maximum Gasteiger partial charge on any atom is 0.225 e. The molecule has 100 valence electrons. The fourth-order valence-corrected chi connectivity index (χ4v) is 1.71. The molecule has 0 saturated heterocycles. The Morgan fingerprint density at radius 1 is 1.44 bits per heavy atom. The van der Waals surface area contributed by atoms with Crippen LogP contribution in [0.1, 0.15) is 31.7 Å². The Hall–Kier alpha value is -1.22. The first-order valence-electron chi connectivity index (χ1n) is 6.27. The number of alkyl halides is 1. The Morgan fingerprint density at radius 3 is 2.89 bits per heavy atom. The largest absolute Gasteiger partial charge is 0.491 e. The van der Waals surface area contributed by atoms with Crippen molar-refractivity contribution < 1.29 is 9.53 Å². The number of ether oxygens (including phenoxy) is 1. The number of halogens is 1. The van der Waals surface area contributed by atoms with Crippen molar-refractivity contribution in [1.29, 1.82) is 0 Å². The molecule has 0 fully saturated rings. The lowest BCUT2D eigenvalue weighted by Gasteiger charge is -2.14. The highest BCUT2D eigenvalue weighted by Gasteiger charge is 2.10. The molecular formula is C14H20ClNO2. The van der Waals surface area contributed by atoms with Crippen LogP contribution >= 0.6 is 11.6 Å². The molecule has 0 aromatic heterocycles. The van der Waals surface area contributed by atoms with Gasteiger partial charge in [-0.3, -0.25) is 4.79 Å². The zero-order valence-electron chi connectivity index (χ0n) is 11.0. The van der Waals surface area contributed by atoms with Crippen LogP contribution in [0.5, 0.6) is 5.75 Å². The van der Waals surface area contributed by atoms with Crippen molar-refractivity contribution >= 4 is 23.2 Å². The van der Waals surface area contributed by atoms with Gasteiger partial charge in [-0.15, -0.1) is 11.6 Å². The minimum Gasteiger partial charge on any atom is -0.491 e. The van der Waals surface area contributed by atoms with Crippen LogP contribution in [0.3, 0.4) is 0 Å². The minimum absolute atomic E-state index is 0.0837. The van der Waals surface area contributed by atoms with Gasteiger partial charge < -0.3 is 10.1 Å². The van der Waals surface area contributed by atoms with Crippen molar-refractivity contribution in [3.05, 3.63) is 23.8 Å². The van der Waals surface area contributed by atoms with Crippen LogP contribution in [0.15, 0.2) is 18.2 Å². The summed E-state index contributed by atoms with van der Waals surface area (Å²) in [6.07, 6.45) is 2.40. The van der Waals surface area contributed by atoms with Crippen LogP contribution in [0.2, 0.25) is 0 Å². The van der Waals surface area contributed by atoms with Gasteiger partial charge in [0.05, 0.1) is 12.3 Å². The molecule has 0 aliphatic carbocycles. The van der Waals surface area contributed by atoms with Crippen LogP contribution < -0.4 is 10.1 Å². The van der Waals surface area contributed by atoms with E-state index in [4.69, 9.17) is 16.3 Å². The molecule has 0 bridgehead atoms. The zero-order valence-corrected chi connectivity index (χ0v) is 11.7. The SMILES string of the molecule is CCCCOc1cccc(C)c1NC(=O)CCCl. The van der Waals surface area contributed by atoms with Crippen molar-refractivity contribution in [3.8, 4) is 5.75 Å². The highest BCUT2D eigenvalue weighted by atomic mass is 35.5. The summed E-state index contributed by atoms with van der Waals surface area (Å²) in [5.41, 5.74) is 1.75. The molecule has 1 N–H and O–H groups in total. The van der Waals surface area contributed by atoms with Crippen molar-refractivity contribution in [3.63, 3.8) is 0 Å². The second-order valence-electron chi connectivity index (χ2n) is 4.14. The highest BCUT2D eigenvalue weighted by Crippen LogP contribution is 2.28. The first kappa shape index (κ1) is 14.8. The molecule has 0 saturated carbocycles. The Kier molecular flexibility index (Phi) is 6.58. The normalized spacial score (nSPS) is 10.2. The quantitative estimate of drug-likeness (QED) is 0.605. The van der Waals surface area contributed by atoms with Crippen molar-refractivity contribution in [2.24, 2.45) is 0 Å². The molecule has 0 heterocycles. The van der Waals surface area contributed by atoms with Crippen LogP contribution in [0, 0.1) is 6.92 Å². The maximum atomic E-state index is 11.6. The van der Waals surface area contributed by atoms with Crippen molar-refractivity contribution in [2.45, 2.75) is 33.1 Å². The summed E-state index contributed by atoms with van der Waals surface area (Å²) in [6.45, 7) is 4.73. The number of para-hydroxylation sites is 1. The summed E-state index contributed by atoms with van der Waals surface area (Å²) in [6, 6.07) is 5.75. The fraction of sp³-hybridized carbons (Fsp3) is 0.500. The molecule has 3 nitrogen and oxygen atoms in total. The Balaban J connectivity index is 2.76. The number of unbranched alkanes of at least 4 members (excludes halogenated alkanes) is 1. The monoisotopic (exact) mass is 269 g/mol. The lowest BCUT2D eigenvalue weighted by atomic mass is 10.2. The number of carbonyl (C=O) groups is 1. The Labute approximate surface area is 113 Å². The molecule has 0 unspecified atom stereocenters. The number of hydrogen-bond donors (Lipinski definition) is 1. The van der Waals surface area contributed by atoms with Gasteiger partial charge in [-0.05, 0) is 25.0 Å². The van der Waals surface area contributed by atoms with Crippen LogP contribution in [0.25, 0.3) is 0 Å². The summed E-state index contributed by atoms with van der Waals surface area (Å²) < 4.78 is 5.69. The van der Waals surface area contributed by atoms with E-state index in [9.17, 15) is 4.79 Å². The molecule has 0 aliphatic heterocycles. The molecule has 0 spiro atoms. The third kappa shape index (κ3) is 4.57. The number of rotatable bonds is 7. The van der Waals surface area contributed by atoms with Crippen molar-refractivity contribution in [1.82, 2.24) is 0 Å². The molecule has 4 heteroatoms. The van der Waals surface area contributed by atoms with E-state index in [0.717, 1.165) is 29.8 Å². The van der Waals surface area contributed by atoms with E-state index in [0.29, 0.717) is 18.9 Å². The van der Waals surface area contributed by atoms with Gasteiger partial charge >= 0.3 is 0 Å². The Bertz CT molecular complexity index is 393. The third-order valence-electron chi connectivity index (χ3n) is 2.58. The number of anilines is 1. The summed E-state index contributed by atoms with van der Waals surface area (Å²) in [4.78, 5) is 11.6. The van der Waals surface area contributed by atoms with E-state index in [2.05, 4.69) is 12.2 Å². The van der Waals surface area contributed by atoms with Gasteiger partial charge in [-0.25, -0.2) is 0 Å². The van der Waals surface area contributed by atoms with Gasteiger partial charge in [0, 0.05) is 12.3 Å². The van der Waals surface area contributed by atoms with E-state index in [1.54, 1.807) is 0 Å². The summed E-state index contributed by atoms with van der Waals surface area (Å²) in [7, 11) is 0. The molecule has 1 aromatic rings. The maximum absolute atomic E-state index is 11.6. The zero-order chi connectivity index (χ0) is 13.4. The lowest BCUT2D eigenvalue weighted by molar-refractivity contribution is -0.115. The van der Waals surface area contributed by atoms with E-state index < -0.39 is 0 Å². The van der Waals surface area contributed by atoms with Crippen molar-refractivity contribution in [2.75, 3.05) is 17.8 Å². The fourth-order valence-electron chi connectivity index (χ4n) is 1.54. The number of hydrogen-bond acceptors (Lipinski definition) is 2. The molecule has 0 aliphatic rings. The molecule has 1 aromatic carbocycles. The highest BCUT2D eigenvalue weighted by molar-refractivity contribution is 6.19. The third-order valence-corrected chi connectivity index (χ3v) is 2.76. The van der Waals surface area contributed by atoms with Gasteiger partial charge in [-0.1, -0.05) is 25.5 Å². The van der Waals surface area contributed by atoms with Crippen LogP contribution in [0.4, 0.5) is 5.69 Å². The summed E-state index contributed by atoms with van der Waals surface area (Å²) in [5, 5.41) is 2.86. The number of aryl methyl sites for hydroxylation is 1. The van der Waals surface area contributed by atoms with Gasteiger partial charge in [0.2, 0.25) is 5.91 Å². The predicted octanol–water partition coefficient (Wildman–Crippen LogP) is 3.74.